The van der Waals surface area contributed by atoms with Gasteiger partial charge in [-0.25, -0.2) is 9.37 Å². The number of nitrogen functional groups attached to an aromatic ring is 1. The van der Waals surface area contributed by atoms with E-state index in [0.717, 1.165) is 17.0 Å². The van der Waals surface area contributed by atoms with Crippen molar-refractivity contribution in [2.75, 3.05) is 5.73 Å². The van der Waals surface area contributed by atoms with Crippen molar-refractivity contribution in [1.29, 1.82) is 0 Å². The predicted octanol–water partition coefficient (Wildman–Crippen LogP) is 4.32. The van der Waals surface area contributed by atoms with Gasteiger partial charge < -0.3 is 5.73 Å². The summed E-state index contributed by atoms with van der Waals surface area (Å²) < 4.78 is 13.1. The molecule has 0 aliphatic heterocycles. The summed E-state index contributed by atoms with van der Waals surface area (Å²) in [4.78, 5) is 5.26. The monoisotopic (exact) mass is 304 g/mol. The van der Waals surface area contributed by atoms with E-state index in [1.807, 2.05) is 6.92 Å². The number of rotatable bonds is 3. The predicted molar refractivity (Wildman–Crippen MR) is 75.1 cm³/mol. The normalized spacial score (nSPS) is 10.9. The van der Waals surface area contributed by atoms with Crippen molar-refractivity contribution in [3.8, 4) is 0 Å². The highest BCUT2D eigenvalue weighted by molar-refractivity contribution is 7.15. The van der Waals surface area contributed by atoms with Gasteiger partial charge in [0.2, 0.25) is 0 Å². The highest BCUT2D eigenvalue weighted by atomic mass is 35.5. The molecule has 0 bridgehead atoms. The number of aromatic nitrogens is 1. The SMILES string of the molecule is CCc1nc(N)sc1Cc1c(Cl)cc(F)cc1Cl. The van der Waals surface area contributed by atoms with Crippen molar-refractivity contribution in [3.63, 3.8) is 0 Å². The summed E-state index contributed by atoms with van der Waals surface area (Å²) in [5, 5.41) is 1.18. The van der Waals surface area contributed by atoms with E-state index in [4.69, 9.17) is 28.9 Å². The molecular weight excluding hydrogens is 294 g/mol. The minimum absolute atomic E-state index is 0.328. The first-order valence-corrected chi connectivity index (χ1v) is 6.96. The standard InChI is InChI=1S/C12H11Cl2FN2S/c1-2-10-11(18-12(16)17-10)5-7-8(13)3-6(15)4-9(7)14/h3-4H,2,5H2,1H3,(H2,16,17). The van der Waals surface area contributed by atoms with Gasteiger partial charge in [0.15, 0.2) is 5.13 Å². The summed E-state index contributed by atoms with van der Waals surface area (Å²) in [6.45, 7) is 2.01. The zero-order chi connectivity index (χ0) is 13.3. The maximum atomic E-state index is 13.1. The molecule has 0 saturated carbocycles. The van der Waals surface area contributed by atoms with Crippen LogP contribution in [0.15, 0.2) is 12.1 Å². The van der Waals surface area contributed by atoms with Crippen molar-refractivity contribution in [3.05, 3.63) is 44.1 Å². The zero-order valence-electron chi connectivity index (χ0n) is 9.64. The number of hydrogen-bond acceptors (Lipinski definition) is 3. The average Bonchev–Trinajstić information content (AvgIpc) is 2.64. The number of nitrogens with zero attached hydrogens (tertiary/aromatic N) is 1. The van der Waals surface area contributed by atoms with Gasteiger partial charge in [0, 0.05) is 21.3 Å². The molecule has 0 radical (unpaired) electrons. The number of nitrogens with two attached hydrogens (primary N) is 1. The molecule has 0 aliphatic carbocycles. The lowest BCUT2D eigenvalue weighted by atomic mass is 10.1. The number of aryl methyl sites for hydroxylation is 1. The Kier molecular flexibility index (Phi) is 4.10. The van der Waals surface area contributed by atoms with Crippen LogP contribution in [0.5, 0.6) is 0 Å². The van der Waals surface area contributed by atoms with Crippen LogP contribution in [0.25, 0.3) is 0 Å². The molecule has 0 spiro atoms. The largest absolute Gasteiger partial charge is 0.375 e. The maximum absolute atomic E-state index is 13.1. The molecule has 1 heterocycles. The Bertz CT molecular complexity index is 560. The molecule has 0 atom stereocenters. The zero-order valence-corrected chi connectivity index (χ0v) is 12.0. The molecule has 0 aliphatic rings. The Labute approximate surface area is 119 Å². The second-order valence-corrected chi connectivity index (χ2v) is 5.73. The second kappa shape index (κ2) is 5.43. The van der Waals surface area contributed by atoms with Crippen LogP contribution in [0.2, 0.25) is 10.0 Å². The smallest absolute Gasteiger partial charge is 0.180 e. The molecule has 1 aromatic carbocycles. The van der Waals surface area contributed by atoms with Gasteiger partial charge in [0.05, 0.1) is 5.69 Å². The van der Waals surface area contributed by atoms with Gasteiger partial charge in [-0.2, -0.15) is 0 Å². The summed E-state index contributed by atoms with van der Waals surface area (Å²) in [5.41, 5.74) is 7.34. The van der Waals surface area contributed by atoms with Crippen LogP contribution < -0.4 is 5.73 Å². The van der Waals surface area contributed by atoms with Gasteiger partial charge in [-0.1, -0.05) is 30.1 Å². The van der Waals surface area contributed by atoms with Crippen molar-refractivity contribution in [1.82, 2.24) is 4.98 Å². The summed E-state index contributed by atoms with van der Waals surface area (Å²) in [5.74, 6) is -0.437. The van der Waals surface area contributed by atoms with Crippen molar-refractivity contribution in [2.45, 2.75) is 19.8 Å². The molecule has 0 fully saturated rings. The third kappa shape index (κ3) is 2.76. The Balaban J connectivity index is 2.39. The Morgan fingerprint density at radius 1 is 1.33 bits per heavy atom. The molecule has 18 heavy (non-hydrogen) atoms. The summed E-state index contributed by atoms with van der Waals surface area (Å²) in [6.07, 6.45) is 1.31. The van der Waals surface area contributed by atoms with Crippen LogP contribution in [-0.2, 0) is 12.8 Å². The van der Waals surface area contributed by atoms with Gasteiger partial charge in [0.1, 0.15) is 5.82 Å². The average molecular weight is 305 g/mol. The molecule has 2 nitrogen and oxygen atoms in total. The minimum atomic E-state index is -0.437. The molecule has 2 aromatic rings. The van der Waals surface area contributed by atoms with E-state index in [1.165, 1.54) is 23.5 Å². The van der Waals surface area contributed by atoms with E-state index in [2.05, 4.69) is 4.98 Å². The van der Waals surface area contributed by atoms with E-state index < -0.39 is 5.82 Å². The van der Waals surface area contributed by atoms with Crippen LogP contribution >= 0.6 is 34.5 Å². The van der Waals surface area contributed by atoms with E-state index in [9.17, 15) is 4.39 Å². The first-order valence-electron chi connectivity index (χ1n) is 5.38. The Hall–Kier alpha value is -0.840. The van der Waals surface area contributed by atoms with E-state index in [0.29, 0.717) is 27.2 Å². The molecule has 0 unspecified atom stereocenters. The maximum Gasteiger partial charge on any atom is 0.180 e. The lowest BCUT2D eigenvalue weighted by Gasteiger charge is -2.06. The van der Waals surface area contributed by atoms with Gasteiger partial charge in [0.25, 0.3) is 0 Å². The molecule has 1 aromatic heterocycles. The lowest BCUT2D eigenvalue weighted by Crippen LogP contribution is -1.94. The number of thiazole rings is 1. The molecule has 2 N–H and O–H groups in total. The third-order valence-corrected chi connectivity index (χ3v) is 4.17. The van der Waals surface area contributed by atoms with Crippen LogP contribution in [0.4, 0.5) is 9.52 Å². The van der Waals surface area contributed by atoms with Crippen molar-refractivity contribution in [2.24, 2.45) is 0 Å². The molecule has 0 saturated heterocycles. The first kappa shape index (κ1) is 13.6. The van der Waals surface area contributed by atoms with Crippen molar-refractivity contribution >= 4 is 39.7 Å². The summed E-state index contributed by atoms with van der Waals surface area (Å²) in [6, 6.07) is 2.53. The van der Waals surface area contributed by atoms with Crippen LogP contribution in [-0.4, -0.2) is 4.98 Å². The summed E-state index contributed by atoms with van der Waals surface area (Å²) >= 11 is 13.4. The molecule has 6 heteroatoms. The molecule has 0 amide bonds. The van der Waals surface area contributed by atoms with Crippen LogP contribution in [0.1, 0.15) is 23.1 Å². The summed E-state index contributed by atoms with van der Waals surface area (Å²) in [7, 11) is 0. The number of anilines is 1. The van der Waals surface area contributed by atoms with E-state index >= 15 is 0 Å². The molecule has 96 valence electrons. The van der Waals surface area contributed by atoms with Crippen LogP contribution in [0.3, 0.4) is 0 Å². The highest BCUT2D eigenvalue weighted by Gasteiger charge is 2.14. The topological polar surface area (TPSA) is 38.9 Å². The van der Waals surface area contributed by atoms with Crippen LogP contribution in [0, 0.1) is 5.82 Å². The molecule has 2 rings (SSSR count). The van der Waals surface area contributed by atoms with Gasteiger partial charge in [-0.05, 0) is 24.1 Å². The van der Waals surface area contributed by atoms with Gasteiger partial charge >= 0.3 is 0 Å². The first-order chi connectivity index (χ1) is 8.51. The number of hydrogen-bond donors (Lipinski definition) is 1. The minimum Gasteiger partial charge on any atom is -0.375 e. The Morgan fingerprint density at radius 2 is 1.94 bits per heavy atom. The third-order valence-electron chi connectivity index (χ3n) is 2.57. The second-order valence-electron chi connectivity index (χ2n) is 3.80. The fourth-order valence-corrected chi connectivity index (χ4v) is 3.25. The highest BCUT2D eigenvalue weighted by Crippen LogP contribution is 2.31. The Morgan fingerprint density at radius 3 is 2.50 bits per heavy atom. The number of benzene rings is 1. The van der Waals surface area contributed by atoms with Gasteiger partial charge in [-0.15, -0.1) is 11.3 Å². The van der Waals surface area contributed by atoms with Gasteiger partial charge in [-0.3, -0.25) is 0 Å². The fraction of sp³-hybridized carbons (Fsp3) is 0.250. The number of halogens is 3. The van der Waals surface area contributed by atoms with Crippen molar-refractivity contribution < 1.29 is 4.39 Å². The fourth-order valence-electron chi connectivity index (χ4n) is 1.72. The van der Waals surface area contributed by atoms with E-state index in [1.54, 1.807) is 0 Å². The lowest BCUT2D eigenvalue weighted by molar-refractivity contribution is 0.627. The quantitative estimate of drug-likeness (QED) is 0.917. The van der Waals surface area contributed by atoms with E-state index in [-0.39, 0.29) is 0 Å². The molecular formula is C12H11Cl2FN2S.